The first kappa shape index (κ1) is 12.1. The van der Waals surface area contributed by atoms with Crippen molar-refractivity contribution in [2.45, 2.75) is 31.3 Å². The fourth-order valence-corrected chi connectivity index (χ4v) is 3.68. The second-order valence-electron chi connectivity index (χ2n) is 5.46. The van der Waals surface area contributed by atoms with Gasteiger partial charge < -0.3 is 10.6 Å². The molecule has 18 heavy (non-hydrogen) atoms. The van der Waals surface area contributed by atoms with Crippen LogP contribution in [0.25, 0.3) is 0 Å². The van der Waals surface area contributed by atoms with E-state index >= 15 is 0 Å². The van der Waals surface area contributed by atoms with E-state index in [4.69, 9.17) is 17.3 Å². The Hall–Kier alpha value is -0.930. The molecule has 2 N–H and O–H groups in total. The van der Waals surface area contributed by atoms with E-state index in [0.29, 0.717) is 6.04 Å². The van der Waals surface area contributed by atoms with E-state index in [0.717, 1.165) is 35.5 Å². The molecule has 2 aliphatic heterocycles. The molecule has 0 spiro atoms. The summed E-state index contributed by atoms with van der Waals surface area (Å²) in [5.74, 6) is 0. The molecular formula is C14H20ClN3. The molecule has 98 valence electrons. The molecule has 4 heteroatoms. The average Bonchev–Trinajstić information content (AvgIpc) is 2.56. The Morgan fingerprint density at radius 2 is 2.00 bits per heavy atom. The average molecular weight is 266 g/mol. The Morgan fingerprint density at radius 1 is 1.22 bits per heavy atom. The van der Waals surface area contributed by atoms with Crippen molar-refractivity contribution in [2.24, 2.45) is 0 Å². The lowest BCUT2D eigenvalue weighted by molar-refractivity contribution is 0.254. The third-order valence-electron chi connectivity index (χ3n) is 4.48. The van der Waals surface area contributed by atoms with Crippen LogP contribution in [-0.2, 0) is 0 Å². The highest BCUT2D eigenvalue weighted by atomic mass is 35.5. The number of nitrogens with two attached hydrogens (primary N) is 1. The zero-order valence-electron chi connectivity index (χ0n) is 10.8. The fraction of sp³-hybridized carbons (Fsp3) is 0.571. The minimum absolute atomic E-state index is 0.646. The summed E-state index contributed by atoms with van der Waals surface area (Å²) in [4.78, 5) is 4.91. The minimum Gasteiger partial charge on any atom is -0.397 e. The van der Waals surface area contributed by atoms with Gasteiger partial charge in [-0.05, 0) is 38.4 Å². The van der Waals surface area contributed by atoms with E-state index in [2.05, 4.69) is 16.8 Å². The van der Waals surface area contributed by atoms with Crippen molar-refractivity contribution in [3.63, 3.8) is 0 Å². The van der Waals surface area contributed by atoms with Crippen molar-refractivity contribution in [1.29, 1.82) is 0 Å². The topological polar surface area (TPSA) is 32.5 Å². The van der Waals surface area contributed by atoms with Crippen LogP contribution < -0.4 is 10.6 Å². The van der Waals surface area contributed by atoms with Gasteiger partial charge in [-0.15, -0.1) is 0 Å². The van der Waals surface area contributed by atoms with Gasteiger partial charge in [-0.3, -0.25) is 4.90 Å². The third kappa shape index (κ3) is 1.95. The summed E-state index contributed by atoms with van der Waals surface area (Å²) in [6, 6.07) is 7.17. The highest BCUT2D eigenvalue weighted by molar-refractivity contribution is 6.34. The molecule has 2 aliphatic rings. The first-order chi connectivity index (χ1) is 8.66. The molecule has 2 heterocycles. The van der Waals surface area contributed by atoms with Gasteiger partial charge in [0.2, 0.25) is 0 Å². The molecule has 3 nitrogen and oxygen atoms in total. The first-order valence-electron chi connectivity index (χ1n) is 6.67. The lowest BCUT2D eigenvalue weighted by Gasteiger charge is -2.29. The summed E-state index contributed by atoms with van der Waals surface area (Å²) >= 11 is 6.32. The number of hydrogen-bond donors (Lipinski definition) is 1. The highest BCUT2D eigenvalue weighted by Crippen LogP contribution is 2.36. The number of benzene rings is 1. The van der Waals surface area contributed by atoms with Gasteiger partial charge in [0, 0.05) is 25.2 Å². The smallest absolute Gasteiger partial charge is 0.0789 e. The molecule has 0 saturated carbocycles. The Morgan fingerprint density at radius 3 is 2.78 bits per heavy atom. The zero-order valence-corrected chi connectivity index (χ0v) is 11.5. The Bertz CT molecular complexity index is 428. The molecule has 2 fully saturated rings. The number of anilines is 2. The van der Waals surface area contributed by atoms with Crippen molar-refractivity contribution in [3.05, 3.63) is 23.2 Å². The second kappa shape index (κ2) is 4.63. The second-order valence-corrected chi connectivity index (χ2v) is 5.87. The molecule has 0 aromatic heterocycles. The van der Waals surface area contributed by atoms with E-state index in [9.17, 15) is 0 Å². The van der Waals surface area contributed by atoms with Gasteiger partial charge in [-0.2, -0.15) is 0 Å². The summed E-state index contributed by atoms with van der Waals surface area (Å²) in [6.45, 7) is 2.10. The minimum atomic E-state index is 0.646. The van der Waals surface area contributed by atoms with Gasteiger partial charge in [0.25, 0.3) is 0 Å². The molecule has 1 aromatic carbocycles. The molecule has 2 unspecified atom stereocenters. The SMILES string of the molecule is CN1C2CCC1CN(c1c(N)cccc1Cl)CC2. The van der Waals surface area contributed by atoms with Crippen molar-refractivity contribution < 1.29 is 0 Å². The van der Waals surface area contributed by atoms with Crippen LogP contribution in [0.3, 0.4) is 0 Å². The largest absolute Gasteiger partial charge is 0.397 e. The van der Waals surface area contributed by atoms with Crippen LogP contribution in [0.1, 0.15) is 19.3 Å². The van der Waals surface area contributed by atoms with Crippen LogP contribution in [0, 0.1) is 0 Å². The van der Waals surface area contributed by atoms with Crippen molar-refractivity contribution in [2.75, 3.05) is 30.8 Å². The molecule has 3 rings (SSSR count). The molecule has 1 aromatic rings. The van der Waals surface area contributed by atoms with Crippen LogP contribution >= 0.6 is 11.6 Å². The molecule has 2 bridgehead atoms. The lowest BCUT2D eigenvalue weighted by Crippen LogP contribution is -2.37. The standard InChI is InChI=1S/C14H20ClN3/c1-17-10-5-6-11(17)9-18(8-7-10)14-12(15)3-2-4-13(14)16/h2-4,10-11H,5-9,16H2,1H3. The number of hydrogen-bond acceptors (Lipinski definition) is 3. The number of likely N-dealkylation sites (N-methyl/N-ethyl adjacent to an activating group) is 1. The predicted octanol–water partition coefficient (Wildman–Crippen LogP) is 2.60. The number of rotatable bonds is 1. The summed E-state index contributed by atoms with van der Waals surface area (Å²) in [5.41, 5.74) is 7.92. The maximum atomic E-state index is 6.32. The highest BCUT2D eigenvalue weighted by Gasteiger charge is 2.35. The van der Waals surface area contributed by atoms with Crippen molar-refractivity contribution in [1.82, 2.24) is 4.90 Å². The van der Waals surface area contributed by atoms with Crippen LogP contribution in [0.15, 0.2) is 18.2 Å². The predicted molar refractivity (Wildman–Crippen MR) is 77.3 cm³/mol. The van der Waals surface area contributed by atoms with Gasteiger partial charge in [-0.1, -0.05) is 17.7 Å². The summed E-state index contributed by atoms with van der Waals surface area (Å²) < 4.78 is 0. The summed E-state index contributed by atoms with van der Waals surface area (Å²) in [7, 11) is 2.25. The van der Waals surface area contributed by atoms with Crippen LogP contribution in [0.2, 0.25) is 5.02 Å². The van der Waals surface area contributed by atoms with Crippen molar-refractivity contribution in [3.8, 4) is 0 Å². The molecule has 0 aliphatic carbocycles. The molecule has 2 atom stereocenters. The lowest BCUT2D eigenvalue weighted by atomic mass is 10.1. The third-order valence-corrected chi connectivity index (χ3v) is 4.79. The van der Waals surface area contributed by atoms with Gasteiger partial charge >= 0.3 is 0 Å². The number of halogens is 1. The molecule has 2 saturated heterocycles. The molecule has 0 amide bonds. The van der Waals surface area contributed by atoms with Crippen LogP contribution in [-0.4, -0.2) is 37.1 Å². The summed E-state index contributed by atoms with van der Waals surface area (Å²) in [6.07, 6.45) is 3.84. The molecular weight excluding hydrogens is 246 g/mol. The monoisotopic (exact) mass is 265 g/mol. The van der Waals surface area contributed by atoms with E-state index in [1.165, 1.54) is 19.3 Å². The van der Waals surface area contributed by atoms with Crippen LogP contribution in [0.4, 0.5) is 11.4 Å². The first-order valence-corrected chi connectivity index (χ1v) is 7.05. The Labute approximate surface area is 114 Å². The van der Waals surface area contributed by atoms with Gasteiger partial charge in [0.1, 0.15) is 0 Å². The van der Waals surface area contributed by atoms with Crippen LogP contribution in [0.5, 0.6) is 0 Å². The number of fused-ring (bicyclic) bond motifs is 2. The van der Waals surface area contributed by atoms with Gasteiger partial charge in [-0.25, -0.2) is 0 Å². The fourth-order valence-electron chi connectivity index (χ4n) is 3.38. The van der Waals surface area contributed by atoms with E-state index in [1.807, 2.05) is 18.2 Å². The number of para-hydroxylation sites is 1. The van der Waals surface area contributed by atoms with E-state index in [-0.39, 0.29) is 0 Å². The van der Waals surface area contributed by atoms with E-state index < -0.39 is 0 Å². The van der Waals surface area contributed by atoms with E-state index in [1.54, 1.807) is 0 Å². The van der Waals surface area contributed by atoms with Crippen molar-refractivity contribution >= 4 is 23.0 Å². The Kier molecular flexibility index (Phi) is 3.12. The Balaban J connectivity index is 1.89. The quantitative estimate of drug-likeness (QED) is 0.793. The maximum absolute atomic E-state index is 6.32. The van der Waals surface area contributed by atoms with Gasteiger partial charge in [0.05, 0.1) is 16.4 Å². The van der Waals surface area contributed by atoms with Gasteiger partial charge in [0.15, 0.2) is 0 Å². The number of nitrogens with zero attached hydrogens (tertiary/aromatic N) is 2. The normalized spacial score (nSPS) is 28.4. The summed E-state index contributed by atoms with van der Waals surface area (Å²) in [5, 5.41) is 0.774. The maximum Gasteiger partial charge on any atom is 0.0789 e. The number of nitrogen functional groups attached to an aromatic ring is 1. The zero-order chi connectivity index (χ0) is 12.7. The molecule has 0 radical (unpaired) electrons.